The Morgan fingerprint density at radius 3 is 3.06 bits per heavy atom. The van der Waals surface area contributed by atoms with Crippen LogP contribution in [0.2, 0.25) is 0 Å². The van der Waals surface area contributed by atoms with Crippen molar-refractivity contribution < 1.29 is 9.90 Å². The largest absolute Gasteiger partial charge is 0.481 e. The van der Waals surface area contributed by atoms with Crippen LogP contribution in [0.15, 0.2) is 5.38 Å². The molecule has 1 aromatic heterocycles. The predicted octanol–water partition coefficient (Wildman–Crippen LogP) is 2.37. The number of aliphatic carboxylic acids is 1. The predicted molar refractivity (Wildman–Crippen MR) is 63.9 cm³/mol. The van der Waals surface area contributed by atoms with E-state index in [-0.39, 0.29) is 6.42 Å². The van der Waals surface area contributed by atoms with E-state index in [0.717, 1.165) is 11.0 Å². The lowest BCUT2D eigenvalue weighted by atomic mass is 9.80. The van der Waals surface area contributed by atoms with Crippen LogP contribution in [0.5, 0.6) is 0 Å². The summed E-state index contributed by atoms with van der Waals surface area (Å²) in [6, 6.07) is 0.442. The summed E-state index contributed by atoms with van der Waals surface area (Å²) in [5.41, 5.74) is 0.640. The maximum atomic E-state index is 10.5. The molecule has 4 nitrogen and oxygen atoms in total. The second-order valence-corrected chi connectivity index (χ2v) is 5.20. The zero-order chi connectivity index (χ0) is 11.5. The summed E-state index contributed by atoms with van der Waals surface area (Å²) in [4.78, 5) is 14.8. The zero-order valence-corrected chi connectivity index (χ0v) is 10.1. The van der Waals surface area contributed by atoms with E-state index < -0.39 is 5.97 Å². The molecule has 0 radical (unpaired) electrons. The van der Waals surface area contributed by atoms with Crippen LogP contribution < -0.4 is 5.32 Å². The lowest BCUT2D eigenvalue weighted by molar-refractivity contribution is -0.136. The van der Waals surface area contributed by atoms with Crippen LogP contribution in [-0.2, 0) is 11.2 Å². The van der Waals surface area contributed by atoms with E-state index >= 15 is 0 Å². The molecule has 1 saturated carbocycles. The zero-order valence-electron chi connectivity index (χ0n) is 9.27. The average molecular weight is 240 g/mol. The SMILES string of the molecule is CC(Nc1nc(CC(=O)O)cs1)C1CCC1. The Balaban J connectivity index is 1.88. The van der Waals surface area contributed by atoms with Crippen molar-refractivity contribution in [3.8, 4) is 0 Å². The molecule has 1 fully saturated rings. The number of aromatic nitrogens is 1. The number of rotatable bonds is 5. The molecule has 0 bridgehead atoms. The van der Waals surface area contributed by atoms with E-state index in [0.29, 0.717) is 11.7 Å². The van der Waals surface area contributed by atoms with Crippen molar-refractivity contribution in [3.63, 3.8) is 0 Å². The second kappa shape index (κ2) is 4.82. The normalized spacial score (nSPS) is 17.8. The molecule has 1 aliphatic carbocycles. The molecule has 0 aromatic carbocycles. The summed E-state index contributed by atoms with van der Waals surface area (Å²) in [5.74, 6) is -0.0734. The smallest absolute Gasteiger partial charge is 0.309 e. The van der Waals surface area contributed by atoms with Gasteiger partial charge in [0.1, 0.15) is 0 Å². The minimum absolute atomic E-state index is 0.00991. The molecular formula is C11H16N2O2S. The number of hydrogen-bond donors (Lipinski definition) is 2. The number of nitrogens with one attached hydrogen (secondary N) is 1. The van der Waals surface area contributed by atoms with E-state index in [9.17, 15) is 4.79 Å². The molecule has 0 spiro atoms. The van der Waals surface area contributed by atoms with Crippen molar-refractivity contribution in [2.75, 3.05) is 5.32 Å². The van der Waals surface area contributed by atoms with Crippen molar-refractivity contribution in [2.24, 2.45) is 5.92 Å². The highest BCUT2D eigenvalue weighted by Crippen LogP contribution is 2.31. The molecule has 88 valence electrons. The lowest BCUT2D eigenvalue weighted by Crippen LogP contribution is -2.30. The number of nitrogens with zero attached hydrogens (tertiary/aromatic N) is 1. The Kier molecular flexibility index (Phi) is 3.43. The van der Waals surface area contributed by atoms with Gasteiger partial charge in [0.15, 0.2) is 5.13 Å². The van der Waals surface area contributed by atoms with Gasteiger partial charge in [-0.15, -0.1) is 11.3 Å². The molecule has 16 heavy (non-hydrogen) atoms. The molecule has 1 aromatic rings. The number of carboxylic acids is 1. The third-order valence-electron chi connectivity index (χ3n) is 3.09. The second-order valence-electron chi connectivity index (χ2n) is 4.34. The quantitative estimate of drug-likeness (QED) is 0.829. The van der Waals surface area contributed by atoms with Crippen LogP contribution in [0.4, 0.5) is 5.13 Å². The average Bonchev–Trinajstić information content (AvgIpc) is 2.47. The topological polar surface area (TPSA) is 62.2 Å². The minimum Gasteiger partial charge on any atom is -0.481 e. The molecule has 2 rings (SSSR count). The van der Waals surface area contributed by atoms with Gasteiger partial charge in [-0.3, -0.25) is 4.79 Å². The fourth-order valence-corrected chi connectivity index (χ4v) is 2.67. The lowest BCUT2D eigenvalue weighted by Gasteiger charge is -2.31. The molecule has 5 heteroatoms. The van der Waals surface area contributed by atoms with Gasteiger partial charge in [-0.25, -0.2) is 4.98 Å². The van der Waals surface area contributed by atoms with Crippen LogP contribution in [0.25, 0.3) is 0 Å². The first kappa shape index (κ1) is 11.4. The Bertz CT molecular complexity index is 374. The first-order valence-corrected chi connectivity index (χ1v) is 6.46. The molecule has 1 heterocycles. The van der Waals surface area contributed by atoms with Gasteiger partial charge in [0.2, 0.25) is 0 Å². The van der Waals surface area contributed by atoms with Gasteiger partial charge in [0, 0.05) is 11.4 Å². The molecule has 2 N–H and O–H groups in total. The van der Waals surface area contributed by atoms with Crippen molar-refractivity contribution in [2.45, 2.75) is 38.6 Å². The van der Waals surface area contributed by atoms with E-state index in [4.69, 9.17) is 5.11 Å². The fraction of sp³-hybridized carbons (Fsp3) is 0.636. The molecule has 1 unspecified atom stereocenters. The van der Waals surface area contributed by atoms with Gasteiger partial charge in [-0.05, 0) is 25.7 Å². The van der Waals surface area contributed by atoms with Crippen molar-refractivity contribution >= 4 is 22.4 Å². The van der Waals surface area contributed by atoms with Gasteiger partial charge in [0.05, 0.1) is 12.1 Å². The van der Waals surface area contributed by atoms with Crippen LogP contribution in [-0.4, -0.2) is 22.1 Å². The first-order chi connectivity index (χ1) is 7.65. The maximum absolute atomic E-state index is 10.5. The first-order valence-electron chi connectivity index (χ1n) is 5.58. The van der Waals surface area contributed by atoms with Gasteiger partial charge in [-0.1, -0.05) is 6.42 Å². The molecule has 0 aliphatic heterocycles. The van der Waals surface area contributed by atoms with E-state index in [1.165, 1.54) is 30.6 Å². The van der Waals surface area contributed by atoms with Gasteiger partial charge < -0.3 is 10.4 Å². The monoisotopic (exact) mass is 240 g/mol. The highest BCUT2D eigenvalue weighted by molar-refractivity contribution is 7.13. The summed E-state index contributed by atoms with van der Waals surface area (Å²) in [7, 11) is 0. The Morgan fingerprint density at radius 2 is 2.50 bits per heavy atom. The van der Waals surface area contributed by atoms with E-state index in [1.807, 2.05) is 5.38 Å². The van der Waals surface area contributed by atoms with E-state index in [1.54, 1.807) is 0 Å². The number of carbonyl (C=O) groups is 1. The number of thiazole rings is 1. The van der Waals surface area contributed by atoms with Crippen molar-refractivity contribution in [1.29, 1.82) is 0 Å². The summed E-state index contributed by atoms with van der Waals surface area (Å²) < 4.78 is 0. The summed E-state index contributed by atoms with van der Waals surface area (Å²) >= 11 is 1.49. The number of anilines is 1. The van der Waals surface area contributed by atoms with Crippen molar-refractivity contribution in [3.05, 3.63) is 11.1 Å². The molecule has 0 amide bonds. The molecule has 1 aliphatic rings. The molecular weight excluding hydrogens is 224 g/mol. The highest BCUT2D eigenvalue weighted by Gasteiger charge is 2.24. The van der Waals surface area contributed by atoms with E-state index in [2.05, 4.69) is 17.2 Å². The minimum atomic E-state index is -0.830. The van der Waals surface area contributed by atoms with Crippen LogP contribution in [0.3, 0.4) is 0 Å². The summed E-state index contributed by atoms with van der Waals surface area (Å²) in [5, 5.41) is 14.6. The Labute approximate surface area is 98.7 Å². The summed E-state index contributed by atoms with van der Waals surface area (Å²) in [6.07, 6.45) is 3.93. The molecule has 1 atom stereocenters. The third kappa shape index (κ3) is 2.72. The standard InChI is InChI=1S/C11H16N2O2S/c1-7(8-3-2-4-8)12-11-13-9(6-16-11)5-10(14)15/h6-8H,2-5H2,1H3,(H,12,13)(H,14,15). The fourth-order valence-electron chi connectivity index (χ4n) is 1.86. The number of carboxylic acid groups (broad SMARTS) is 1. The van der Waals surface area contributed by atoms with Crippen LogP contribution in [0.1, 0.15) is 31.9 Å². The maximum Gasteiger partial charge on any atom is 0.309 e. The van der Waals surface area contributed by atoms with Gasteiger partial charge in [-0.2, -0.15) is 0 Å². The van der Waals surface area contributed by atoms with Gasteiger partial charge >= 0.3 is 5.97 Å². The van der Waals surface area contributed by atoms with Gasteiger partial charge in [0.25, 0.3) is 0 Å². The number of hydrogen-bond acceptors (Lipinski definition) is 4. The highest BCUT2D eigenvalue weighted by atomic mass is 32.1. The van der Waals surface area contributed by atoms with Crippen LogP contribution >= 0.6 is 11.3 Å². The summed E-state index contributed by atoms with van der Waals surface area (Å²) in [6.45, 7) is 2.17. The Morgan fingerprint density at radius 1 is 1.75 bits per heavy atom. The third-order valence-corrected chi connectivity index (χ3v) is 3.91. The molecule has 0 saturated heterocycles. The van der Waals surface area contributed by atoms with Crippen LogP contribution in [0, 0.1) is 5.92 Å². The Hall–Kier alpha value is -1.10. The van der Waals surface area contributed by atoms with Crippen molar-refractivity contribution in [1.82, 2.24) is 4.98 Å².